The molecule has 0 saturated carbocycles. The zero-order valence-corrected chi connectivity index (χ0v) is 16.2. The Kier molecular flexibility index (Phi) is 5.89. The average Bonchev–Trinajstić information content (AvgIpc) is 2.64. The molecule has 4 rings (SSSR count). The number of rotatable bonds is 3. The van der Waals surface area contributed by atoms with Crippen LogP contribution in [0.5, 0.6) is 0 Å². The third-order valence-electron chi connectivity index (χ3n) is 4.26. The minimum Gasteiger partial charge on any atom is -0.779 e. The Hall–Kier alpha value is -1.69. The molecule has 0 spiro atoms. The predicted octanol–water partition coefficient (Wildman–Crippen LogP) is 4.23. The summed E-state index contributed by atoms with van der Waals surface area (Å²) in [6, 6.07) is 34.4. The van der Waals surface area contributed by atoms with Crippen LogP contribution in [-0.2, 0) is 29.7 Å². The number of fused-ring (bicyclic) bond motifs is 1. The predicted molar refractivity (Wildman–Crippen MR) is 110 cm³/mol. The van der Waals surface area contributed by atoms with Gasteiger partial charge in [0.1, 0.15) is 15.9 Å². The molecule has 0 heterocycles. The Bertz CT molecular complexity index is 926. The first-order valence-electron chi connectivity index (χ1n) is 8.01. The minimum absolute atomic E-state index is 0. The summed E-state index contributed by atoms with van der Waals surface area (Å²) in [5, 5.41) is 6.62. The molecule has 0 saturated heterocycles. The van der Waals surface area contributed by atoms with E-state index in [1.165, 1.54) is 26.7 Å². The van der Waals surface area contributed by atoms with Crippen molar-refractivity contribution in [3.05, 3.63) is 97.1 Å². The first kappa shape index (κ1) is 18.1. The molecule has 0 aliphatic carbocycles. The molecular formula is C22H17CuPS+. The summed E-state index contributed by atoms with van der Waals surface area (Å²) in [6.07, 6.45) is 0. The fraction of sp³-hybridized carbons (Fsp3) is 0. The minimum atomic E-state index is -1.09. The van der Waals surface area contributed by atoms with Gasteiger partial charge in [0, 0.05) is 5.39 Å². The maximum atomic E-state index is 5.68. The molecule has 0 radical (unpaired) electrons. The number of hydrogen-bond donors (Lipinski definition) is 0. The average molecular weight is 408 g/mol. The van der Waals surface area contributed by atoms with Gasteiger partial charge in [-0.25, -0.2) is 0 Å². The van der Waals surface area contributed by atoms with Gasteiger partial charge in [-0.05, 0) is 35.7 Å². The Labute approximate surface area is 165 Å². The summed E-state index contributed by atoms with van der Waals surface area (Å²) in [6.45, 7) is 0. The van der Waals surface area contributed by atoms with Crippen LogP contribution in [0.4, 0.5) is 0 Å². The second-order valence-corrected chi connectivity index (χ2v) is 8.65. The van der Waals surface area contributed by atoms with Gasteiger partial charge >= 0.3 is 17.1 Å². The van der Waals surface area contributed by atoms with E-state index in [1.54, 1.807) is 0 Å². The van der Waals surface area contributed by atoms with Crippen molar-refractivity contribution in [3.63, 3.8) is 0 Å². The quantitative estimate of drug-likeness (QED) is 0.278. The van der Waals surface area contributed by atoms with E-state index in [9.17, 15) is 0 Å². The Morgan fingerprint density at radius 3 is 1.64 bits per heavy atom. The van der Waals surface area contributed by atoms with Gasteiger partial charge < -0.3 is 12.6 Å². The molecule has 4 aromatic carbocycles. The van der Waals surface area contributed by atoms with Crippen LogP contribution in [0, 0.1) is 0 Å². The normalized spacial score (nSPS) is 10.6. The van der Waals surface area contributed by atoms with Gasteiger partial charge in [0.05, 0.1) is 7.92 Å². The van der Waals surface area contributed by atoms with Crippen molar-refractivity contribution < 1.29 is 17.1 Å². The van der Waals surface area contributed by atoms with Crippen molar-refractivity contribution in [1.29, 1.82) is 0 Å². The molecule has 0 nitrogen and oxygen atoms in total. The smallest absolute Gasteiger partial charge is 0.779 e. The molecular weight excluding hydrogens is 391 g/mol. The van der Waals surface area contributed by atoms with E-state index >= 15 is 0 Å². The van der Waals surface area contributed by atoms with E-state index in [0.29, 0.717) is 0 Å². The van der Waals surface area contributed by atoms with Crippen LogP contribution in [0.25, 0.3) is 10.8 Å². The second kappa shape index (κ2) is 8.13. The summed E-state index contributed by atoms with van der Waals surface area (Å²) in [5.74, 6) is 0. The fourth-order valence-electron chi connectivity index (χ4n) is 3.20. The molecule has 0 atom stereocenters. The van der Waals surface area contributed by atoms with Gasteiger partial charge in [-0.1, -0.05) is 66.7 Å². The molecule has 126 valence electrons. The molecule has 0 unspecified atom stereocenters. The van der Waals surface area contributed by atoms with Gasteiger partial charge in [0.15, 0.2) is 0 Å². The molecule has 0 aromatic heterocycles. The van der Waals surface area contributed by atoms with Gasteiger partial charge in [-0.15, -0.1) is 0 Å². The first-order valence-corrected chi connectivity index (χ1v) is 9.92. The third-order valence-corrected chi connectivity index (χ3v) is 7.38. The largest absolute Gasteiger partial charge is 1.00 e. The summed E-state index contributed by atoms with van der Waals surface area (Å²) >= 11 is 5.68. The van der Waals surface area contributed by atoms with Crippen molar-refractivity contribution in [3.8, 4) is 0 Å². The molecule has 3 heteroatoms. The van der Waals surface area contributed by atoms with Gasteiger partial charge in [0.25, 0.3) is 0 Å². The molecule has 0 aliphatic rings. The zero-order chi connectivity index (χ0) is 16.4. The van der Waals surface area contributed by atoms with Crippen molar-refractivity contribution in [2.24, 2.45) is 0 Å². The van der Waals surface area contributed by atoms with E-state index in [0.717, 1.165) is 4.90 Å². The maximum absolute atomic E-state index is 5.68. The van der Waals surface area contributed by atoms with E-state index in [1.807, 2.05) is 12.1 Å². The Morgan fingerprint density at radius 2 is 1.08 bits per heavy atom. The molecule has 0 aliphatic heterocycles. The Morgan fingerprint density at radius 1 is 0.560 bits per heavy atom. The molecule has 25 heavy (non-hydrogen) atoms. The number of benzene rings is 4. The Balaban J connectivity index is 0.00000182. The van der Waals surface area contributed by atoms with Gasteiger partial charge in [0.2, 0.25) is 0 Å². The van der Waals surface area contributed by atoms with Gasteiger partial charge in [-0.2, -0.15) is 4.90 Å². The van der Waals surface area contributed by atoms with Crippen LogP contribution in [0.2, 0.25) is 0 Å². The van der Waals surface area contributed by atoms with Crippen LogP contribution < -0.4 is 15.9 Å². The van der Waals surface area contributed by atoms with E-state index in [4.69, 9.17) is 12.6 Å². The summed E-state index contributed by atoms with van der Waals surface area (Å²) < 4.78 is 0. The second-order valence-electron chi connectivity index (χ2n) is 5.77. The molecule has 0 N–H and O–H groups in total. The summed E-state index contributed by atoms with van der Waals surface area (Å²) in [7, 11) is -1.09. The first-order chi connectivity index (χ1) is 11.8. The third kappa shape index (κ3) is 3.64. The maximum Gasteiger partial charge on any atom is 1.00 e. The van der Waals surface area contributed by atoms with Crippen LogP contribution in [0.3, 0.4) is 0 Å². The topological polar surface area (TPSA) is 0 Å². The van der Waals surface area contributed by atoms with Gasteiger partial charge in [-0.3, -0.25) is 0 Å². The van der Waals surface area contributed by atoms with Crippen LogP contribution >= 0.6 is 7.92 Å². The summed E-state index contributed by atoms with van der Waals surface area (Å²) in [4.78, 5) is 0.942. The number of hydrogen-bond acceptors (Lipinski definition) is 1. The van der Waals surface area contributed by atoms with E-state index in [2.05, 4.69) is 84.9 Å². The SMILES string of the molecule is [Cu+].[S-]c1cccc2cccc([PH+](c3ccccc3)c3ccccc3)c12. The van der Waals surface area contributed by atoms with E-state index in [-0.39, 0.29) is 17.1 Å². The van der Waals surface area contributed by atoms with Crippen LogP contribution in [-0.4, -0.2) is 0 Å². The monoisotopic (exact) mass is 407 g/mol. The zero-order valence-electron chi connectivity index (χ0n) is 13.4. The van der Waals surface area contributed by atoms with Crippen molar-refractivity contribution in [2.45, 2.75) is 4.90 Å². The molecule has 4 aromatic rings. The molecule has 0 bridgehead atoms. The van der Waals surface area contributed by atoms with Crippen molar-refractivity contribution in [1.82, 2.24) is 0 Å². The van der Waals surface area contributed by atoms with Crippen LogP contribution in [0.15, 0.2) is 102 Å². The molecule has 0 fully saturated rings. The van der Waals surface area contributed by atoms with Crippen molar-refractivity contribution in [2.75, 3.05) is 0 Å². The van der Waals surface area contributed by atoms with Crippen LogP contribution in [0.1, 0.15) is 0 Å². The fourth-order valence-corrected chi connectivity index (χ4v) is 6.40. The molecule has 0 amide bonds. The van der Waals surface area contributed by atoms with Crippen molar-refractivity contribution >= 4 is 47.2 Å². The van der Waals surface area contributed by atoms with E-state index < -0.39 is 7.92 Å². The standard InChI is InChI=1S/C22H17PS.Cu/c24-21-16-8-10-17-9-7-15-20(22(17)21)23(18-11-3-1-4-12-18)19-13-5-2-6-14-19;/h1-16,24H;/q;+1. The summed E-state index contributed by atoms with van der Waals surface area (Å²) in [5.41, 5.74) is 0.